The van der Waals surface area contributed by atoms with Crippen molar-refractivity contribution in [3.05, 3.63) is 46.3 Å². The highest BCUT2D eigenvalue weighted by molar-refractivity contribution is 5.97. The summed E-state index contributed by atoms with van der Waals surface area (Å²) < 4.78 is 16.3. The molecule has 6 heteroatoms. The molecule has 0 saturated carbocycles. The third-order valence-corrected chi connectivity index (χ3v) is 3.79. The van der Waals surface area contributed by atoms with Gasteiger partial charge in [-0.1, -0.05) is 12.1 Å². The highest BCUT2D eigenvalue weighted by Gasteiger charge is 2.23. The standard InChI is InChI=1S/C16H13NO5/c18-14-10-3-1-2-4-12(10)21-16-11(14)9-13(22-16)15(19)17-5-7-20-8-6-17/h1-4,9H,5-8H2. The molecule has 1 aliphatic rings. The lowest BCUT2D eigenvalue weighted by Gasteiger charge is -2.25. The van der Waals surface area contributed by atoms with E-state index in [1.165, 1.54) is 6.07 Å². The Balaban J connectivity index is 1.83. The molecule has 112 valence electrons. The zero-order valence-electron chi connectivity index (χ0n) is 11.7. The molecule has 1 amide bonds. The van der Waals surface area contributed by atoms with Crippen molar-refractivity contribution in [1.82, 2.24) is 4.90 Å². The lowest BCUT2D eigenvalue weighted by Crippen LogP contribution is -2.40. The summed E-state index contributed by atoms with van der Waals surface area (Å²) in [7, 11) is 0. The number of benzene rings is 1. The summed E-state index contributed by atoms with van der Waals surface area (Å²) in [5, 5.41) is 0.761. The van der Waals surface area contributed by atoms with Crippen LogP contribution in [0.15, 0.2) is 44.0 Å². The number of furan rings is 1. The van der Waals surface area contributed by atoms with Crippen LogP contribution in [0.4, 0.5) is 0 Å². The average Bonchev–Trinajstić information content (AvgIpc) is 2.99. The predicted molar refractivity (Wildman–Crippen MR) is 79.0 cm³/mol. The van der Waals surface area contributed by atoms with Gasteiger partial charge in [0.1, 0.15) is 11.0 Å². The first-order valence-electron chi connectivity index (χ1n) is 7.06. The predicted octanol–water partition coefficient (Wildman–Crippen LogP) is 2.01. The maximum atomic E-state index is 12.4. The van der Waals surface area contributed by atoms with Gasteiger partial charge < -0.3 is 18.5 Å². The molecule has 0 spiro atoms. The molecule has 22 heavy (non-hydrogen) atoms. The Hall–Kier alpha value is -2.60. The number of carbonyl (C=O) groups is 1. The molecule has 1 fully saturated rings. The van der Waals surface area contributed by atoms with Crippen molar-refractivity contribution in [3.63, 3.8) is 0 Å². The molecule has 0 aliphatic carbocycles. The first kappa shape index (κ1) is 13.1. The Kier molecular flexibility index (Phi) is 2.97. The number of ether oxygens (including phenoxy) is 1. The molecule has 2 aromatic heterocycles. The second kappa shape index (κ2) is 4.99. The van der Waals surface area contributed by atoms with Crippen molar-refractivity contribution in [2.75, 3.05) is 26.3 Å². The van der Waals surface area contributed by atoms with E-state index in [0.717, 1.165) is 0 Å². The van der Waals surface area contributed by atoms with Crippen LogP contribution in [0.1, 0.15) is 10.6 Å². The van der Waals surface area contributed by atoms with Gasteiger partial charge in [0.25, 0.3) is 5.91 Å². The van der Waals surface area contributed by atoms with Gasteiger partial charge >= 0.3 is 5.78 Å². The van der Waals surface area contributed by atoms with Crippen molar-refractivity contribution in [2.45, 2.75) is 0 Å². The number of carbonyl (C=O) groups excluding carboxylic acids is 1. The Morgan fingerprint density at radius 1 is 1.05 bits per heavy atom. The van der Waals surface area contributed by atoms with Crippen LogP contribution in [0.2, 0.25) is 0 Å². The lowest BCUT2D eigenvalue weighted by atomic mass is 10.2. The van der Waals surface area contributed by atoms with Crippen molar-refractivity contribution < 1.29 is 18.4 Å². The van der Waals surface area contributed by atoms with Gasteiger partial charge in [0.2, 0.25) is 5.43 Å². The first-order chi connectivity index (χ1) is 10.7. The molecule has 0 radical (unpaired) electrons. The fraction of sp³-hybridized carbons (Fsp3) is 0.250. The Morgan fingerprint density at radius 2 is 1.82 bits per heavy atom. The molecule has 1 aromatic carbocycles. The van der Waals surface area contributed by atoms with E-state index in [4.69, 9.17) is 13.6 Å². The topological polar surface area (TPSA) is 72.9 Å². The number of hydrogen-bond donors (Lipinski definition) is 0. The Labute approximate surface area is 124 Å². The molecule has 0 unspecified atom stereocenters. The maximum Gasteiger partial charge on any atom is 0.302 e. The molecule has 0 atom stereocenters. The van der Waals surface area contributed by atoms with Crippen LogP contribution in [-0.4, -0.2) is 37.1 Å². The van der Waals surface area contributed by atoms with Crippen molar-refractivity contribution in [3.8, 4) is 0 Å². The minimum absolute atomic E-state index is 0.0836. The van der Waals surface area contributed by atoms with E-state index in [0.29, 0.717) is 37.3 Å². The average molecular weight is 299 g/mol. The number of nitrogens with zero attached hydrogens (tertiary/aromatic N) is 1. The van der Waals surface area contributed by atoms with Crippen LogP contribution in [-0.2, 0) is 4.74 Å². The zero-order chi connectivity index (χ0) is 15.1. The summed E-state index contributed by atoms with van der Waals surface area (Å²) in [6, 6.07) is 8.40. The number of fused-ring (bicyclic) bond motifs is 2. The fourth-order valence-electron chi connectivity index (χ4n) is 2.62. The molecule has 0 N–H and O–H groups in total. The van der Waals surface area contributed by atoms with E-state index in [-0.39, 0.29) is 28.3 Å². The van der Waals surface area contributed by atoms with Crippen LogP contribution in [0, 0.1) is 0 Å². The van der Waals surface area contributed by atoms with Gasteiger partial charge in [-0.15, -0.1) is 0 Å². The van der Waals surface area contributed by atoms with Crippen LogP contribution in [0.5, 0.6) is 0 Å². The van der Waals surface area contributed by atoms with Gasteiger partial charge in [-0.25, -0.2) is 0 Å². The van der Waals surface area contributed by atoms with E-state index in [2.05, 4.69) is 0 Å². The summed E-state index contributed by atoms with van der Waals surface area (Å²) in [6.45, 7) is 2.04. The highest BCUT2D eigenvalue weighted by atomic mass is 16.5. The van der Waals surface area contributed by atoms with Gasteiger partial charge in [0.05, 0.1) is 18.6 Å². The number of rotatable bonds is 1. The quantitative estimate of drug-likeness (QED) is 0.687. The molecule has 3 aromatic rings. The second-order valence-corrected chi connectivity index (χ2v) is 5.14. The zero-order valence-corrected chi connectivity index (χ0v) is 11.7. The van der Waals surface area contributed by atoms with Crippen molar-refractivity contribution >= 4 is 28.0 Å². The van der Waals surface area contributed by atoms with Gasteiger partial charge in [-0.2, -0.15) is 0 Å². The third kappa shape index (κ3) is 2.00. The largest absolute Gasteiger partial charge is 0.425 e. The van der Waals surface area contributed by atoms with E-state index in [1.807, 2.05) is 0 Å². The summed E-state index contributed by atoms with van der Waals surface area (Å²) in [4.78, 5) is 26.5. The van der Waals surface area contributed by atoms with E-state index in [1.54, 1.807) is 29.2 Å². The molecule has 1 saturated heterocycles. The van der Waals surface area contributed by atoms with Crippen molar-refractivity contribution in [2.24, 2.45) is 0 Å². The molecule has 3 heterocycles. The van der Waals surface area contributed by atoms with Crippen LogP contribution in [0.25, 0.3) is 22.1 Å². The third-order valence-electron chi connectivity index (χ3n) is 3.79. The van der Waals surface area contributed by atoms with E-state index in [9.17, 15) is 9.59 Å². The number of morpholine rings is 1. The summed E-state index contributed by atoms with van der Waals surface area (Å²) in [6.07, 6.45) is 0. The Morgan fingerprint density at radius 3 is 2.64 bits per heavy atom. The van der Waals surface area contributed by atoms with Gasteiger partial charge in [0, 0.05) is 19.2 Å². The monoisotopic (exact) mass is 299 g/mol. The minimum Gasteiger partial charge on any atom is -0.425 e. The van der Waals surface area contributed by atoms with E-state index >= 15 is 0 Å². The van der Waals surface area contributed by atoms with Gasteiger partial charge in [-0.05, 0) is 12.1 Å². The lowest BCUT2D eigenvalue weighted by molar-refractivity contribution is 0.0283. The van der Waals surface area contributed by atoms with Crippen LogP contribution in [0.3, 0.4) is 0 Å². The molecule has 1 aliphatic heterocycles. The summed E-state index contributed by atoms with van der Waals surface area (Å²) in [5.41, 5.74) is 0.251. The maximum absolute atomic E-state index is 12.4. The smallest absolute Gasteiger partial charge is 0.302 e. The van der Waals surface area contributed by atoms with Gasteiger partial charge in [0.15, 0.2) is 5.76 Å². The number of hydrogen-bond acceptors (Lipinski definition) is 5. The van der Waals surface area contributed by atoms with Crippen LogP contribution >= 0.6 is 0 Å². The number of para-hydroxylation sites is 1. The van der Waals surface area contributed by atoms with Crippen molar-refractivity contribution in [1.29, 1.82) is 0 Å². The second-order valence-electron chi connectivity index (χ2n) is 5.14. The SMILES string of the molecule is O=C(c1cc2c(=O)c3ccccc3oc2o1)N1CCOCC1. The molecule has 4 rings (SSSR count). The minimum atomic E-state index is -0.252. The first-order valence-corrected chi connectivity index (χ1v) is 7.06. The fourth-order valence-corrected chi connectivity index (χ4v) is 2.62. The van der Waals surface area contributed by atoms with E-state index < -0.39 is 0 Å². The normalized spacial score (nSPS) is 15.5. The molecule has 6 nitrogen and oxygen atoms in total. The number of amides is 1. The summed E-state index contributed by atoms with van der Waals surface area (Å²) in [5.74, 6) is -0.0495. The Bertz CT molecular complexity index is 917. The molecular weight excluding hydrogens is 286 g/mol. The highest BCUT2D eigenvalue weighted by Crippen LogP contribution is 2.22. The van der Waals surface area contributed by atoms with Gasteiger partial charge in [-0.3, -0.25) is 9.59 Å². The molecule has 0 bridgehead atoms. The molecular formula is C16H13NO5. The summed E-state index contributed by atoms with van der Waals surface area (Å²) >= 11 is 0. The van der Waals surface area contributed by atoms with Crippen LogP contribution < -0.4 is 5.43 Å².